The van der Waals surface area contributed by atoms with Crippen molar-refractivity contribution in [2.24, 2.45) is 5.92 Å². The van der Waals surface area contributed by atoms with Gasteiger partial charge in [0.25, 0.3) is 10.0 Å². The molecule has 7 heteroatoms. The van der Waals surface area contributed by atoms with Crippen LogP contribution >= 0.6 is 0 Å². The highest BCUT2D eigenvalue weighted by molar-refractivity contribution is 7.89. The lowest BCUT2D eigenvalue weighted by atomic mass is 9.87. The van der Waals surface area contributed by atoms with Crippen molar-refractivity contribution < 1.29 is 8.42 Å². The van der Waals surface area contributed by atoms with Crippen molar-refractivity contribution in [2.45, 2.75) is 57.1 Å². The maximum atomic E-state index is 12.8. The summed E-state index contributed by atoms with van der Waals surface area (Å²) in [6.45, 7) is 5.49. The van der Waals surface area contributed by atoms with Gasteiger partial charge in [-0.2, -0.15) is 9.40 Å². The first-order chi connectivity index (χ1) is 9.96. The molecular formula is C14H26N4O2S. The van der Waals surface area contributed by atoms with Gasteiger partial charge in [-0.05, 0) is 25.3 Å². The lowest BCUT2D eigenvalue weighted by Crippen LogP contribution is -2.40. The van der Waals surface area contributed by atoms with E-state index >= 15 is 0 Å². The Morgan fingerprint density at radius 3 is 2.90 bits per heavy atom. The summed E-state index contributed by atoms with van der Waals surface area (Å²) < 4.78 is 27.2. The molecule has 2 unspecified atom stereocenters. The zero-order chi connectivity index (χ0) is 15.5. The second kappa shape index (κ2) is 6.89. The van der Waals surface area contributed by atoms with E-state index < -0.39 is 10.0 Å². The normalized spacial score (nSPS) is 23.6. The Morgan fingerprint density at radius 1 is 1.48 bits per heavy atom. The lowest BCUT2D eigenvalue weighted by Gasteiger charge is -2.33. The van der Waals surface area contributed by atoms with Crippen LogP contribution in [-0.4, -0.2) is 42.6 Å². The molecule has 0 aromatic carbocycles. The van der Waals surface area contributed by atoms with E-state index in [1.165, 1.54) is 10.7 Å². The van der Waals surface area contributed by atoms with Crippen molar-refractivity contribution in [3.8, 4) is 0 Å². The number of aromatic nitrogens is 2. The first-order valence-corrected chi connectivity index (χ1v) is 9.11. The van der Waals surface area contributed by atoms with Gasteiger partial charge in [0.05, 0.1) is 6.20 Å². The zero-order valence-electron chi connectivity index (χ0n) is 13.1. The van der Waals surface area contributed by atoms with Crippen molar-refractivity contribution >= 4 is 10.0 Å². The van der Waals surface area contributed by atoms with Gasteiger partial charge in [-0.3, -0.25) is 5.10 Å². The van der Waals surface area contributed by atoms with Crippen LogP contribution in [0.3, 0.4) is 0 Å². The minimum absolute atomic E-state index is 0.0917. The SMILES string of the molecule is CCNCc1cn[nH]c1S(=O)(=O)N(C)C1CCCC(C)C1. The summed E-state index contributed by atoms with van der Waals surface area (Å²) in [6, 6.07) is 0.0917. The second-order valence-corrected chi connectivity index (χ2v) is 7.89. The van der Waals surface area contributed by atoms with Crippen LogP contribution in [-0.2, 0) is 16.6 Å². The number of hydrogen-bond acceptors (Lipinski definition) is 4. The Balaban J connectivity index is 2.19. The van der Waals surface area contributed by atoms with Crippen LogP contribution in [0.25, 0.3) is 0 Å². The number of rotatable bonds is 6. The Labute approximate surface area is 127 Å². The van der Waals surface area contributed by atoms with Crippen LogP contribution in [0, 0.1) is 5.92 Å². The zero-order valence-corrected chi connectivity index (χ0v) is 13.9. The first kappa shape index (κ1) is 16.5. The molecule has 0 bridgehead atoms. The molecular weight excluding hydrogens is 288 g/mol. The molecule has 6 nitrogen and oxygen atoms in total. The third kappa shape index (κ3) is 3.64. The van der Waals surface area contributed by atoms with Gasteiger partial charge in [0.15, 0.2) is 5.03 Å². The largest absolute Gasteiger partial charge is 0.313 e. The number of aromatic amines is 1. The molecule has 1 aromatic rings. The Morgan fingerprint density at radius 2 is 2.24 bits per heavy atom. The average Bonchev–Trinajstić information content (AvgIpc) is 2.93. The monoisotopic (exact) mass is 314 g/mol. The fourth-order valence-electron chi connectivity index (χ4n) is 2.98. The van der Waals surface area contributed by atoms with Gasteiger partial charge >= 0.3 is 0 Å². The van der Waals surface area contributed by atoms with Crippen molar-refractivity contribution in [3.63, 3.8) is 0 Å². The lowest BCUT2D eigenvalue weighted by molar-refractivity contribution is 0.238. The summed E-state index contributed by atoms with van der Waals surface area (Å²) in [6.07, 6.45) is 5.76. The fraction of sp³-hybridized carbons (Fsp3) is 0.786. The van der Waals surface area contributed by atoms with Gasteiger partial charge in [-0.25, -0.2) is 8.42 Å². The van der Waals surface area contributed by atoms with Gasteiger partial charge in [0, 0.05) is 25.2 Å². The van der Waals surface area contributed by atoms with E-state index in [0.717, 1.165) is 25.8 Å². The summed E-state index contributed by atoms with van der Waals surface area (Å²) in [7, 11) is -1.81. The second-order valence-electron chi connectivity index (χ2n) is 5.95. The van der Waals surface area contributed by atoms with Crippen LogP contribution in [0.15, 0.2) is 11.2 Å². The van der Waals surface area contributed by atoms with Crippen molar-refractivity contribution in [1.29, 1.82) is 0 Å². The highest BCUT2D eigenvalue weighted by Crippen LogP contribution is 2.30. The van der Waals surface area contributed by atoms with Crippen LogP contribution in [0.2, 0.25) is 0 Å². The highest BCUT2D eigenvalue weighted by Gasteiger charge is 2.33. The van der Waals surface area contributed by atoms with E-state index in [4.69, 9.17) is 0 Å². The fourth-order valence-corrected chi connectivity index (χ4v) is 4.48. The Bertz CT molecular complexity index is 555. The number of sulfonamides is 1. The predicted octanol–water partition coefficient (Wildman–Crippen LogP) is 1.72. The molecule has 2 atom stereocenters. The van der Waals surface area contributed by atoms with E-state index in [0.29, 0.717) is 18.0 Å². The van der Waals surface area contributed by atoms with Crippen molar-refractivity contribution in [3.05, 3.63) is 11.8 Å². The average molecular weight is 314 g/mol. The number of nitrogens with one attached hydrogen (secondary N) is 2. The van der Waals surface area contributed by atoms with Crippen LogP contribution in [0.1, 0.15) is 45.1 Å². The van der Waals surface area contributed by atoms with E-state index in [1.54, 1.807) is 13.2 Å². The summed E-state index contributed by atoms with van der Waals surface area (Å²) in [5.74, 6) is 0.587. The third-order valence-corrected chi connectivity index (χ3v) is 6.23. The van der Waals surface area contributed by atoms with Crippen LogP contribution < -0.4 is 5.32 Å². The van der Waals surface area contributed by atoms with Gasteiger partial charge in [-0.15, -0.1) is 0 Å². The van der Waals surface area contributed by atoms with Crippen LogP contribution in [0.4, 0.5) is 0 Å². The molecule has 120 valence electrons. The maximum absolute atomic E-state index is 12.8. The van der Waals surface area contributed by atoms with Gasteiger partial charge < -0.3 is 5.32 Å². The Kier molecular flexibility index (Phi) is 5.40. The summed E-state index contributed by atoms with van der Waals surface area (Å²) in [5.41, 5.74) is 0.701. The molecule has 0 spiro atoms. The number of hydrogen-bond donors (Lipinski definition) is 2. The molecule has 0 aliphatic heterocycles. The smallest absolute Gasteiger partial charge is 0.260 e. The van der Waals surface area contributed by atoms with E-state index in [-0.39, 0.29) is 11.1 Å². The molecule has 1 aliphatic rings. The quantitative estimate of drug-likeness (QED) is 0.838. The standard InChI is InChI=1S/C14H26N4O2S/c1-4-15-9-12-10-16-17-14(12)21(19,20)18(3)13-7-5-6-11(2)8-13/h10-11,13,15H,4-9H2,1-3H3,(H,16,17). The molecule has 1 aliphatic carbocycles. The molecule has 0 saturated heterocycles. The highest BCUT2D eigenvalue weighted by atomic mass is 32.2. The summed E-state index contributed by atoms with van der Waals surface area (Å²) >= 11 is 0. The van der Waals surface area contributed by atoms with Gasteiger partial charge in [0.2, 0.25) is 0 Å². The van der Waals surface area contributed by atoms with E-state index in [1.807, 2.05) is 6.92 Å². The minimum Gasteiger partial charge on any atom is -0.313 e. The van der Waals surface area contributed by atoms with Gasteiger partial charge in [-0.1, -0.05) is 26.7 Å². The topological polar surface area (TPSA) is 78.1 Å². The minimum atomic E-state index is -3.50. The van der Waals surface area contributed by atoms with Crippen molar-refractivity contribution in [1.82, 2.24) is 19.8 Å². The molecule has 2 rings (SSSR count). The summed E-state index contributed by atoms with van der Waals surface area (Å²) in [5, 5.41) is 9.95. The first-order valence-electron chi connectivity index (χ1n) is 7.67. The molecule has 21 heavy (non-hydrogen) atoms. The van der Waals surface area contributed by atoms with Crippen LogP contribution in [0.5, 0.6) is 0 Å². The van der Waals surface area contributed by atoms with E-state index in [2.05, 4.69) is 22.4 Å². The molecule has 2 N–H and O–H groups in total. The third-order valence-electron chi connectivity index (χ3n) is 4.30. The number of nitrogens with zero attached hydrogens (tertiary/aromatic N) is 2. The molecule has 1 saturated carbocycles. The van der Waals surface area contributed by atoms with Gasteiger partial charge in [0.1, 0.15) is 0 Å². The molecule has 0 radical (unpaired) electrons. The van der Waals surface area contributed by atoms with Crippen molar-refractivity contribution in [2.75, 3.05) is 13.6 Å². The van der Waals surface area contributed by atoms with E-state index in [9.17, 15) is 8.42 Å². The molecule has 1 fully saturated rings. The Hall–Kier alpha value is -0.920. The summed E-state index contributed by atoms with van der Waals surface area (Å²) in [4.78, 5) is 0. The molecule has 1 heterocycles. The predicted molar refractivity (Wildman–Crippen MR) is 82.3 cm³/mol. The molecule has 1 aromatic heterocycles. The maximum Gasteiger partial charge on any atom is 0.260 e. The molecule has 0 amide bonds. The number of H-pyrrole nitrogens is 1.